The first-order valence-corrected chi connectivity index (χ1v) is 12.5. The summed E-state index contributed by atoms with van der Waals surface area (Å²) in [6, 6.07) is 16.6. The third kappa shape index (κ3) is 4.62. The smallest absolute Gasteiger partial charge is 0.243 e. The molecule has 2 aromatic rings. The van der Waals surface area contributed by atoms with Crippen LogP contribution in [0.25, 0.3) is 0 Å². The van der Waals surface area contributed by atoms with Gasteiger partial charge in [-0.2, -0.15) is 4.31 Å². The quantitative estimate of drug-likeness (QED) is 0.682. The summed E-state index contributed by atoms with van der Waals surface area (Å²) < 4.78 is 32.7. The molecule has 2 aromatic carbocycles. The van der Waals surface area contributed by atoms with Crippen molar-refractivity contribution in [3.8, 4) is 5.75 Å². The molecule has 0 saturated carbocycles. The average molecular weight is 443 g/mol. The van der Waals surface area contributed by atoms with E-state index < -0.39 is 10.0 Å². The molecule has 31 heavy (non-hydrogen) atoms. The highest BCUT2D eigenvalue weighted by Crippen LogP contribution is 2.35. The van der Waals surface area contributed by atoms with Crippen LogP contribution in [0.2, 0.25) is 0 Å². The van der Waals surface area contributed by atoms with Crippen molar-refractivity contribution in [2.24, 2.45) is 5.92 Å². The lowest BCUT2D eigenvalue weighted by atomic mass is 9.95. The van der Waals surface area contributed by atoms with Crippen LogP contribution < -0.4 is 4.74 Å². The van der Waals surface area contributed by atoms with Gasteiger partial charge in [0.2, 0.25) is 15.9 Å². The van der Waals surface area contributed by atoms with Gasteiger partial charge in [-0.05, 0) is 62.4 Å². The predicted molar refractivity (Wildman–Crippen MR) is 119 cm³/mol. The number of amides is 1. The number of carbonyl (C=O) groups excluding carboxylic acids is 1. The second kappa shape index (κ2) is 9.40. The summed E-state index contributed by atoms with van der Waals surface area (Å²) in [6.07, 6.45) is 3.08. The third-order valence-corrected chi connectivity index (χ3v) is 8.21. The molecule has 2 saturated heterocycles. The van der Waals surface area contributed by atoms with Crippen LogP contribution in [0.3, 0.4) is 0 Å². The largest absolute Gasteiger partial charge is 0.494 e. The molecule has 2 aliphatic heterocycles. The van der Waals surface area contributed by atoms with Gasteiger partial charge < -0.3 is 9.64 Å². The number of benzene rings is 2. The zero-order valence-electron chi connectivity index (χ0n) is 17.9. The number of sulfonamides is 1. The van der Waals surface area contributed by atoms with Crippen LogP contribution in [0.5, 0.6) is 5.75 Å². The zero-order chi connectivity index (χ0) is 21.8. The Morgan fingerprint density at radius 1 is 0.968 bits per heavy atom. The number of hydrogen-bond acceptors (Lipinski definition) is 4. The molecule has 4 rings (SSSR count). The molecule has 7 heteroatoms. The van der Waals surface area contributed by atoms with Crippen molar-refractivity contribution >= 4 is 15.9 Å². The molecule has 0 radical (unpaired) electrons. The Labute approximate surface area is 184 Å². The molecule has 2 heterocycles. The average Bonchev–Trinajstić information content (AvgIpc) is 3.30. The van der Waals surface area contributed by atoms with Gasteiger partial charge in [-0.1, -0.05) is 30.3 Å². The molecular formula is C24H30N2O4S. The van der Waals surface area contributed by atoms with Gasteiger partial charge in [0.15, 0.2) is 0 Å². The van der Waals surface area contributed by atoms with E-state index in [1.54, 1.807) is 30.3 Å². The van der Waals surface area contributed by atoms with E-state index in [4.69, 9.17) is 4.74 Å². The first-order chi connectivity index (χ1) is 15.0. The number of carbonyl (C=O) groups is 1. The van der Waals surface area contributed by atoms with E-state index in [1.807, 2.05) is 24.0 Å². The first-order valence-electron chi connectivity index (χ1n) is 11.1. The van der Waals surface area contributed by atoms with Crippen LogP contribution >= 0.6 is 0 Å². The normalized spacial score (nSPS) is 20.7. The maximum Gasteiger partial charge on any atom is 0.243 e. The van der Waals surface area contributed by atoms with Gasteiger partial charge in [-0.3, -0.25) is 4.79 Å². The summed E-state index contributed by atoms with van der Waals surface area (Å²) in [6.45, 7) is 4.12. The van der Waals surface area contributed by atoms with Crippen molar-refractivity contribution in [2.75, 3.05) is 26.2 Å². The summed E-state index contributed by atoms with van der Waals surface area (Å²) in [5, 5.41) is 0. The Morgan fingerprint density at radius 2 is 1.65 bits per heavy atom. The van der Waals surface area contributed by atoms with Crippen LogP contribution in [-0.2, 0) is 14.8 Å². The molecule has 2 aliphatic rings. The fourth-order valence-electron chi connectivity index (χ4n) is 4.65. The highest BCUT2D eigenvalue weighted by molar-refractivity contribution is 7.89. The van der Waals surface area contributed by atoms with E-state index in [0.717, 1.165) is 30.7 Å². The van der Waals surface area contributed by atoms with Crippen molar-refractivity contribution in [3.05, 3.63) is 60.2 Å². The number of ether oxygens (including phenoxy) is 1. The summed E-state index contributed by atoms with van der Waals surface area (Å²) in [4.78, 5) is 15.6. The maximum absolute atomic E-state index is 13.3. The van der Waals surface area contributed by atoms with Crippen molar-refractivity contribution in [2.45, 2.75) is 43.5 Å². The fraction of sp³-hybridized carbons (Fsp3) is 0.458. The van der Waals surface area contributed by atoms with Gasteiger partial charge in [0.25, 0.3) is 0 Å². The molecule has 166 valence electrons. The van der Waals surface area contributed by atoms with Crippen molar-refractivity contribution in [1.29, 1.82) is 0 Å². The summed E-state index contributed by atoms with van der Waals surface area (Å²) >= 11 is 0. The molecule has 0 aromatic heterocycles. The summed E-state index contributed by atoms with van der Waals surface area (Å²) in [5.74, 6) is 0.882. The Balaban J connectivity index is 1.40. The SMILES string of the molecule is CCOc1ccc([C@@H]2CCCN2C(=O)C2CCN(S(=O)(=O)c3ccccc3)CC2)cc1. The number of nitrogens with zero attached hydrogens (tertiary/aromatic N) is 2. The predicted octanol–water partition coefficient (Wildman–Crippen LogP) is 3.85. The molecule has 0 aliphatic carbocycles. The van der Waals surface area contributed by atoms with Crippen LogP contribution in [-0.4, -0.2) is 49.8 Å². The molecule has 0 bridgehead atoms. The lowest BCUT2D eigenvalue weighted by Gasteiger charge is -2.34. The number of hydrogen-bond donors (Lipinski definition) is 0. The monoisotopic (exact) mass is 442 g/mol. The fourth-order valence-corrected chi connectivity index (χ4v) is 6.14. The van der Waals surface area contributed by atoms with E-state index >= 15 is 0 Å². The molecule has 0 unspecified atom stereocenters. The van der Waals surface area contributed by atoms with Gasteiger partial charge >= 0.3 is 0 Å². The highest BCUT2D eigenvalue weighted by Gasteiger charge is 2.37. The van der Waals surface area contributed by atoms with Crippen molar-refractivity contribution in [3.63, 3.8) is 0 Å². The Bertz CT molecular complexity index is 984. The van der Waals surface area contributed by atoms with Gasteiger partial charge in [-0.15, -0.1) is 0 Å². The molecule has 0 spiro atoms. The van der Waals surface area contributed by atoms with E-state index in [1.165, 1.54) is 4.31 Å². The second-order valence-electron chi connectivity index (χ2n) is 8.18. The zero-order valence-corrected chi connectivity index (χ0v) is 18.8. The van der Waals surface area contributed by atoms with Crippen LogP contribution in [0, 0.1) is 5.92 Å². The molecule has 1 amide bonds. The topological polar surface area (TPSA) is 66.9 Å². The molecular weight excluding hydrogens is 412 g/mol. The third-order valence-electron chi connectivity index (χ3n) is 6.30. The van der Waals surface area contributed by atoms with Gasteiger partial charge in [0, 0.05) is 25.6 Å². The minimum absolute atomic E-state index is 0.0919. The van der Waals surface area contributed by atoms with Crippen LogP contribution in [0.4, 0.5) is 0 Å². The van der Waals surface area contributed by atoms with E-state index in [2.05, 4.69) is 12.1 Å². The lowest BCUT2D eigenvalue weighted by molar-refractivity contribution is -0.137. The van der Waals surface area contributed by atoms with Crippen molar-refractivity contribution in [1.82, 2.24) is 9.21 Å². The van der Waals surface area contributed by atoms with Crippen LogP contribution in [0.15, 0.2) is 59.5 Å². The standard InChI is InChI=1S/C24H30N2O4S/c1-2-30-21-12-10-19(11-13-21)23-9-6-16-26(23)24(27)20-14-17-25(18-15-20)31(28,29)22-7-4-3-5-8-22/h3-5,7-8,10-13,20,23H,2,6,9,14-18H2,1H3/t23-/m0/s1. The minimum Gasteiger partial charge on any atom is -0.494 e. The molecule has 0 N–H and O–H groups in total. The van der Waals surface area contributed by atoms with E-state index in [9.17, 15) is 13.2 Å². The maximum atomic E-state index is 13.3. The number of piperidine rings is 1. The molecule has 1 atom stereocenters. The number of rotatable bonds is 6. The van der Waals surface area contributed by atoms with Gasteiger partial charge in [-0.25, -0.2) is 8.42 Å². The first kappa shape index (κ1) is 21.8. The van der Waals surface area contributed by atoms with Crippen molar-refractivity contribution < 1.29 is 17.9 Å². The molecule has 6 nitrogen and oxygen atoms in total. The van der Waals surface area contributed by atoms with Gasteiger partial charge in [0.1, 0.15) is 5.75 Å². The number of likely N-dealkylation sites (tertiary alicyclic amines) is 1. The molecule has 2 fully saturated rings. The second-order valence-corrected chi connectivity index (χ2v) is 10.1. The van der Waals surface area contributed by atoms with E-state index in [-0.39, 0.29) is 17.9 Å². The van der Waals surface area contributed by atoms with E-state index in [0.29, 0.717) is 37.4 Å². The Morgan fingerprint density at radius 3 is 2.29 bits per heavy atom. The lowest BCUT2D eigenvalue weighted by Crippen LogP contribution is -2.44. The Hall–Kier alpha value is -2.38. The highest BCUT2D eigenvalue weighted by atomic mass is 32.2. The van der Waals surface area contributed by atoms with Gasteiger partial charge in [0.05, 0.1) is 17.5 Å². The summed E-state index contributed by atoms with van der Waals surface area (Å²) in [7, 11) is -3.50. The minimum atomic E-state index is -3.50. The summed E-state index contributed by atoms with van der Waals surface area (Å²) in [5.41, 5.74) is 1.14. The Kier molecular flexibility index (Phi) is 6.62. The van der Waals surface area contributed by atoms with Crippen LogP contribution in [0.1, 0.15) is 44.2 Å².